The van der Waals surface area contributed by atoms with E-state index in [4.69, 9.17) is 10.7 Å². The Morgan fingerprint density at radius 3 is 2.19 bits per heavy atom. The molecule has 0 saturated heterocycles. The zero-order valence-electron chi connectivity index (χ0n) is 11.8. The van der Waals surface area contributed by atoms with Crippen molar-refractivity contribution in [3.63, 3.8) is 0 Å². The zero-order valence-corrected chi connectivity index (χ0v) is 12.6. The molecule has 0 aliphatic rings. The van der Waals surface area contributed by atoms with Crippen LogP contribution >= 0.6 is 11.3 Å². The van der Waals surface area contributed by atoms with Crippen LogP contribution in [0.1, 0.15) is 16.3 Å². The number of benzene rings is 2. The van der Waals surface area contributed by atoms with Crippen LogP contribution in [0.2, 0.25) is 0 Å². The van der Waals surface area contributed by atoms with Crippen LogP contribution in [0.3, 0.4) is 0 Å². The number of nitrogens with two attached hydrogens (primary N) is 1. The van der Waals surface area contributed by atoms with Gasteiger partial charge in [-0.05, 0) is 17.5 Å². The zero-order chi connectivity index (χ0) is 14.5. The maximum absolute atomic E-state index is 5.85. The first-order valence-corrected chi connectivity index (χ1v) is 7.96. The van der Waals surface area contributed by atoms with Gasteiger partial charge in [0.1, 0.15) is 0 Å². The third-order valence-corrected chi connectivity index (χ3v) is 4.65. The first-order valence-electron chi connectivity index (χ1n) is 7.15. The van der Waals surface area contributed by atoms with Gasteiger partial charge in [0.05, 0.1) is 15.6 Å². The van der Waals surface area contributed by atoms with Crippen molar-refractivity contribution in [1.82, 2.24) is 4.98 Å². The Morgan fingerprint density at radius 2 is 1.52 bits per heavy atom. The van der Waals surface area contributed by atoms with Gasteiger partial charge in [-0.25, -0.2) is 4.98 Å². The van der Waals surface area contributed by atoms with E-state index in [0.29, 0.717) is 6.54 Å². The second-order valence-corrected chi connectivity index (χ2v) is 6.02. The number of aryl methyl sites for hydroxylation is 2. The predicted molar refractivity (Wildman–Crippen MR) is 89.3 cm³/mol. The van der Waals surface area contributed by atoms with Crippen molar-refractivity contribution in [1.29, 1.82) is 0 Å². The molecule has 0 atom stereocenters. The lowest BCUT2D eigenvalue weighted by atomic mass is 10.1. The SMILES string of the molecule is NCc1nc(CCc2ccccc2)sc1-c1ccccc1. The highest BCUT2D eigenvalue weighted by molar-refractivity contribution is 7.15. The van der Waals surface area contributed by atoms with Gasteiger partial charge in [-0.2, -0.15) is 0 Å². The van der Waals surface area contributed by atoms with E-state index in [9.17, 15) is 0 Å². The van der Waals surface area contributed by atoms with Crippen molar-refractivity contribution in [2.75, 3.05) is 0 Å². The van der Waals surface area contributed by atoms with Gasteiger partial charge in [-0.15, -0.1) is 11.3 Å². The van der Waals surface area contributed by atoms with E-state index in [1.54, 1.807) is 11.3 Å². The molecular weight excluding hydrogens is 276 g/mol. The van der Waals surface area contributed by atoms with Crippen LogP contribution < -0.4 is 5.73 Å². The van der Waals surface area contributed by atoms with E-state index >= 15 is 0 Å². The summed E-state index contributed by atoms with van der Waals surface area (Å²) in [6.45, 7) is 0.492. The molecule has 1 heterocycles. The van der Waals surface area contributed by atoms with E-state index in [1.165, 1.54) is 16.0 Å². The highest BCUT2D eigenvalue weighted by atomic mass is 32.1. The molecule has 0 amide bonds. The number of hydrogen-bond acceptors (Lipinski definition) is 3. The first-order chi connectivity index (χ1) is 10.4. The van der Waals surface area contributed by atoms with E-state index in [-0.39, 0.29) is 0 Å². The van der Waals surface area contributed by atoms with Gasteiger partial charge in [0.2, 0.25) is 0 Å². The Labute approximate surface area is 129 Å². The molecule has 1 aromatic heterocycles. The summed E-state index contributed by atoms with van der Waals surface area (Å²) in [6, 6.07) is 20.9. The standard InChI is InChI=1S/C18H18N2S/c19-13-16-18(15-9-5-2-6-10-15)21-17(20-16)12-11-14-7-3-1-4-8-14/h1-10H,11-13,19H2. The smallest absolute Gasteiger partial charge is 0.0938 e. The Bertz CT molecular complexity index is 690. The molecule has 2 N–H and O–H groups in total. The highest BCUT2D eigenvalue weighted by Crippen LogP contribution is 2.30. The molecule has 0 radical (unpaired) electrons. The number of thiazole rings is 1. The second kappa shape index (κ2) is 6.66. The highest BCUT2D eigenvalue weighted by Gasteiger charge is 2.11. The lowest BCUT2D eigenvalue weighted by Crippen LogP contribution is -1.99. The normalized spacial score (nSPS) is 10.7. The second-order valence-electron chi connectivity index (χ2n) is 4.94. The van der Waals surface area contributed by atoms with Crippen molar-refractivity contribution in [2.45, 2.75) is 19.4 Å². The van der Waals surface area contributed by atoms with Crippen molar-refractivity contribution in [2.24, 2.45) is 5.73 Å². The molecule has 2 nitrogen and oxygen atoms in total. The van der Waals surface area contributed by atoms with E-state index in [1.807, 2.05) is 12.1 Å². The summed E-state index contributed by atoms with van der Waals surface area (Å²) >= 11 is 1.77. The summed E-state index contributed by atoms with van der Waals surface area (Å²) in [5, 5.41) is 1.16. The molecule has 0 aliphatic carbocycles. The number of aromatic nitrogens is 1. The Kier molecular flexibility index (Phi) is 4.43. The molecule has 0 fully saturated rings. The largest absolute Gasteiger partial charge is 0.325 e. The maximum Gasteiger partial charge on any atom is 0.0938 e. The summed E-state index contributed by atoms with van der Waals surface area (Å²) in [4.78, 5) is 5.92. The van der Waals surface area contributed by atoms with Crippen LogP contribution in [0.15, 0.2) is 60.7 Å². The number of rotatable bonds is 5. The van der Waals surface area contributed by atoms with E-state index < -0.39 is 0 Å². The van der Waals surface area contributed by atoms with E-state index in [2.05, 4.69) is 48.5 Å². The van der Waals surface area contributed by atoms with Crippen LogP contribution in [0, 0.1) is 0 Å². The summed E-state index contributed by atoms with van der Waals surface area (Å²) < 4.78 is 0. The Morgan fingerprint density at radius 1 is 0.857 bits per heavy atom. The first kappa shape index (κ1) is 14.0. The summed E-state index contributed by atoms with van der Waals surface area (Å²) in [6.07, 6.45) is 1.99. The molecule has 0 saturated carbocycles. The van der Waals surface area contributed by atoms with Crippen molar-refractivity contribution in [3.05, 3.63) is 76.9 Å². The number of nitrogens with zero attached hydrogens (tertiary/aromatic N) is 1. The fourth-order valence-electron chi connectivity index (χ4n) is 2.36. The van der Waals surface area contributed by atoms with Crippen LogP contribution in [0.25, 0.3) is 10.4 Å². The van der Waals surface area contributed by atoms with Crippen LogP contribution in [0.5, 0.6) is 0 Å². The van der Waals surface area contributed by atoms with Crippen molar-refractivity contribution < 1.29 is 0 Å². The molecular formula is C18H18N2S. The molecule has 0 spiro atoms. The summed E-state index contributed by atoms with van der Waals surface area (Å²) in [5.74, 6) is 0. The van der Waals surface area contributed by atoms with Gasteiger partial charge < -0.3 is 5.73 Å². The minimum Gasteiger partial charge on any atom is -0.325 e. The monoisotopic (exact) mass is 294 g/mol. The quantitative estimate of drug-likeness (QED) is 0.771. The number of hydrogen-bond donors (Lipinski definition) is 1. The van der Waals surface area contributed by atoms with Crippen LogP contribution in [0.4, 0.5) is 0 Å². The lowest BCUT2D eigenvalue weighted by Gasteiger charge is -1.98. The van der Waals surface area contributed by atoms with Crippen molar-refractivity contribution in [3.8, 4) is 10.4 Å². The molecule has 0 bridgehead atoms. The fourth-order valence-corrected chi connectivity index (χ4v) is 3.45. The third kappa shape index (κ3) is 3.38. The Hall–Kier alpha value is -1.97. The van der Waals surface area contributed by atoms with Gasteiger partial charge in [0.15, 0.2) is 0 Å². The molecule has 0 aliphatic heterocycles. The predicted octanol–water partition coefficient (Wildman–Crippen LogP) is 4.05. The summed E-state index contributed by atoms with van der Waals surface area (Å²) in [7, 11) is 0. The minimum atomic E-state index is 0.492. The fraction of sp³-hybridized carbons (Fsp3) is 0.167. The van der Waals surface area contributed by atoms with Gasteiger partial charge >= 0.3 is 0 Å². The molecule has 3 heteroatoms. The Balaban J connectivity index is 1.80. The molecule has 2 aromatic carbocycles. The van der Waals surface area contributed by atoms with Gasteiger partial charge in [-0.1, -0.05) is 60.7 Å². The topological polar surface area (TPSA) is 38.9 Å². The molecule has 106 valence electrons. The van der Waals surface area contributed by atoms with Crippen LogP contribution in [-0.4, -0.2) is 4.98 Å². The van der Waals surface area contributed by atoms with Crippen molar-refractivity contribution >= 4 is 11.3 Å². The van der Waals surface area contributed by atoms with Gasteiger partial charge in [0, 0.05) is 13.0 Å². The average molecular weight is 294 g/mol. The molecule has 0 unspecified atom stereocenters. The molecule has 3 rings (SSSR count). The summed E-state index contributed by atoms with van der Waals surface area (Å²) in [5.41, 5.74) is 9.42. The maximum atomic E-state index is 5.85. The van der Waals surface area contributed by atoms with E-state index in [0.717, 1.165) is 23.5 Å². The van der Waals surface area contributed by atoms with Crippen LogP contribution in [-0.2, 0) is 19.4 Å². The third-order valence-electron chi connectivity index (χ3n) is 3.44. The molecule has 3 aromatic rings. The lowest BCUT2D eigenvalue weighted by molar-refractivity contribution is 0.914. The minimum absolute atomic E-state index is 0.492. The molecule has 21 heavy (non-hydrogen) atoms. The van der Waals surface area contributed by atoms with Gasteiger partial charge in [-0.3, -0.25) is 0 Å². The van der Waals surface area contributed by atoms with Gasteiger partial charge in [0.25, 0.3) is 0 Å². The average Bonchev–Trinajstić information content (AvgIpc) is 2.98.